The van der Waals surface area contributed by atoms with Crippen LogP contribution in [0.5, 0.6) is 11.5 Å². The van der Waals surface area contributed by atoms with Crippen LogP contribution in [0.1, 0.15) is 0 Å². The van der Waals surface area contributed by atoms with Gasteiger partial charge in [-0.3, -0.25) is 9.89 Å². The van der Waals surface area contributed by atoms with Crippen LogP contribution in [0.15, 0.2) is 23.2 Å². The highest BCUT2D eigenvalue weighted by atomic mass is 32.2. The Bertz CT molecular complexity index is 677. The highest BCUT2D eigenvalue weighted by Crippen LogP contribution is 2.29. The van der Waals surface area contributed by atoms with Crippen LogP contribution in [0.2, 0.25) is 0 Å². The fourth-order valence-electron chi connectivity index (χ4n) is 2.39. The molecule has 1 aromatic rings. The molecule has 134 valence electrons. The minimum absolute atomic E-state index is 0.218. The second-order valence-corrected chi connectivity index (χ2v) is 7.76. The van der Waals surface area contributed by atoms with E-state index < -0.39 is 9.84 Å². The second kappa shape index (κ2) is 8.20. The first-order chi connectivity index (χ1) is 11.4. The van der Waals surface area contributed by atoms with Gasteiger partial charge in [-0.15, -0.1) is 0 Å². The van der Waals surface area contributed by atoms with Gasteiger partial charge in [0.25, 0.3) is 0 Å². The summed E-state index contributed by atoms with van der Waals surface area (Å²) in [5.74, 6) is 1.97. The highest BCUT2D eigenvalue weighted by Gasteiger charge is 2.20. The molecule has 9 heteroatoms. The normalized spacial score (nSPS) is 18.2. The van der Waals surface area contributed by atoms with Crippen LogP contribution >= 0.6 is 0 Å². The molecule has 1 aliphatic heterocycles. The summed E-state index contributed by atoms with van der Waals surface area (Å²) >= 11 is 0. The lowest BCUT2D eigenvalue weighted by atomic mass is 10.3. The van der Waals surface area contributed by atoms with E-state index in [2.05, 4.69) is 15.2 Å². The molecule has 0 aromatic heterocycles. The van der Waals surface area contributed by atoms with E-state index in [-0.39, 0.29) is 11.5 Å². The predicted octanol–water partition coefficient (Wildman–Crippen LogP) is 0.161. The van der Waals surface area contributed by atoms with E-state index in [1.807, 2.05) is 6.07 Å². The van der Waals surface area contributed by atoms with E-state index in [1.54, 1.807) is 26.4 Å². The lowest BCUT2D eigenvalue weighted by molar-refractivity contribution is 0.304. The quantitative estimate of drug-likeness (QED) is 0.552. The summed E-state index contributed by atoms with van der Waals surface area (Å²) in [6.45, 7) is 2.30. The van der Waals surface area contributed by atoms with Gasteiger partial charge in [0, 0.05) is 31.4 Å². The number of hydrogen-bond acceptors (Lipinski definition) is 6. The van der Waals surface area contributed by atoms with E-state index in [0.29, 0.717) is 43.6 Å². The van der Waals surface area contributed by atoms with E-state index in [4.69, 9.17) is 15.2 Å². The summed E-state index contributed by atoms with van der Waals surface area (Å²) in [6, 6.07) is 5.37. The number of hydrogen-bond donors (Lipinski definition) is 2. The molecule has 1 saturated heterocycles. The second-order valence-electron chi connectivity index (χ2n) is 5.46. The van der Waals surface area contributed by atoms with Crippen molar-refractivity contribution in [1.82, 2.24) is 4.90 Å². The molecule has 0 atom stereocenters. The topological polar surface area (TPSA) is 106 Å². The molecule has 24 heavy (non-hydrogen) atoms. The van der Waals surface area contributed by atoms with Gasteiger partial charge in [0.05, 0.1) is 32.3 Å². The number of nitrogens with two attached hydrogens (primary N) is 1. The lowest BCUT2D eigenvalue weighted by Crippen LogP contribution is -2.41. The van der Waals surface area contributed by atoms with Crippen LogP contribution in [0.3, 0.4) is 0 Å². The summed E-state index contributed by atoms with van der Waals surface area (Å²) in [5, 5.41) is 3.00. The zero-order valence-electron chi connectivity index (χ0n) is 14.0. The largest absolute Gasteiger partial charge is 0.493 e. The molecule has 0 unspecified atom stereocenters. The van der Waals surface area contributed by atoms with Crippen molar-refractivity contribution in [2.75, 3.05) is 57.2 Å². The lowest BCUT2D eigenvalue weighted by Gasteiger charge is -2.25. The van der Waals surface area contributed by atoms with E-state index >= 15 is 0 Å². The maximum absolute atomic E-state index is 11.4. The van der Waals surface area contributed by atoms with Crippen molar-refractivity contribution < 1.29 is 17.9 Å². The van der Waals surface area contributed by atoms with Gasteiger partial charge in [0.2, 0.25) is 0 Å². The van der Waals surface area contributed by atoms with Crippen molar-refractivity contribution in [3.05, 3.63) is 18.2 Å². The average Bonchev–Trinajstić information content (AvgIpc) is 2.56. The number of sulfone groups is 1. The van der Waals surface area contributed by atoms with Crippen molar-refractivity contribution in [2.24, 2.45) is 10.7 Å². The minimum Gasteiger partial charge on any atom is -0.493 e. The third-order valence-electron chi connectivity index (χ3n) is 3.79. The monoisotopic (exact) mass is 356 g/mol. The number of anilines is 1. The molecule has 0 amide bonds. The van der Waals surface area contributed by atoms with Crippen molar-refractivity contribution in [3.8, 4) is 11.5 Å². The van der Waals surface area contributed by atoms with Crippen LogP contribution < -0.4 is 20.5 Å². The molecule has 0 spiro atoms. The zero-order valence-corrected chi connectivity index (χ0v) is 14.8. The van der Waals surface area contributed by atoms with Gasteiger partial charge < -0.3 is 20.5 Å². The molecule has 1 heterocycles. The molecule has 0 radical (unpaired) electrons. The van der Waals surface area contributed by atoms with E-state index in [9.17, 15) is 8.42 Å². The Hall–Kier alpha value is -2.00. The number of nitrogens with zero attached hydrogens (tertiary/aromatic N) is 2. The van der Waals surface area contributed by atoms with Gasteiger partial charge in [-0.05, 0) is 12.1 Å². The van der Waals surface area contributed by atoms with Gasteiger partial charge in [0.15, 0.2) is 27.3 Å². The third kappa shape index (κ3) is 5.27. The molecule has 8 nitrogen and oxygen atoms in total. The number of guanidine groups is 1. The highest BCUT2D eigenvalue weighted by molar-refractivity contribution is 7.91. The maximum atomic E-state index is 11.4. The fourth-order valence-corrected chi connectivity index (χ4v) is 3.66. The summed E-state index contributed by atoms with van der Waals surface area (Å²) in [6.07, 6.45) is 0. The van der Waals surface area contributed by atoms with Gasteiger partial charge in [-0.25, -0.2) is 8.42 Å². The maximum Gasteiger partial charge on any atom is 0.193 e. The molecule has 1 aliphatic rings. The summed E-state index contributed by atoms with van der Waals surface area (Å²) < 4.78 is 33.2. The van der Waals surface area contributed by atoms with Crippen molar-refractivity contribution in [3.63, 3.8) is 0 Å². The number of methoxy groups -OCH3 is 2. The van der Waals surface area contributed by atoms with E-state index in [0.717, 1.165) is 5.69 Å². The Kier molecular flexibility index (Phi) is 6.27. The minimum atomic E-state index is -2.85. The standard InChI is InChI=1S/C15H24N4O4S/c1-22-13-4-3-12(11-14(13)23-2)18-15(16)17-5-6-19-7-9-24(20,21)10-8-19/h3-4,11H,5-10H2,1-2H3,(H3,16,17,18). The Balaban J connectivity index is 1.84. The Labute approximate surface area is 142 Å². The van der Waals surface area contributed by atoms with Crippen LogP contribution in [0, 0.1) is 0 Å². The molecule has 0 saturated carbocycles. The first-order valence-electron chi connectivity index (χ1n) is 7.65. The van der Waals surface area contributed by atoms with Crippen LogP contribution in [0.25, 0.3) is 0 Å². The van der Waals surface area contributed by atoms with Crippen molar-refractivity contribution in [2.45, 2.75) is 0 Å². The van der Waals surface area contributed by atoms with E-state index in [1.165, 1.54) is 0 Å². The number of rotatable bonds is 6. The van der Waals surface area contributed by atoms with Gasteiger partial charge in [0.1, 0.15) is 0 Å². The zero-order chi connectivity index (χ0) is 17.6. The smallest absolute Gasteiger partial charge is 0.193 e. The molecular weight excluding hydrogens is 332 g/mol. The SMILES string of the molecule is COc1ccc(NC(N)=NCCN2CCS(=O)(=O)CC2)cc1OC. The van der Waals surface area contributed by atoms with Gasteiger partial charge in [-0.2, -0.15) is 0 Å². The average molecular weight is 356 g/mol. The summed E-state index contributed by atoms with van der Waals surface area (Å²) in [5.41, 5.74) is 6.63. The number of benzene rings is 1. The van der Waals surface area contributed by atoms with Crippen molar-refractivity contribution in [1.29, 1.82) is 0 Å². The van der Waals surface area contributed by atoms with Gasteiger partial charge >= 0.3 is 0 Å². The fraction of sp³-hybridized carbons (Fsp3) is 0.533. The summed E-state index contributed by atoms with van der Waals surface area (Å²) in [7, 11) is 0.297. The molecule has 1 aromatic carbocycles. The van der Waals surface area contributed by atoms with Crippen LogP contribution in [-0.4, -0.2) is 71.2 Å². The predicted molar refractivity (Wildman–Crippen MR) is 94.8 cm³/mol. The number of ether oxygens (including phenoxy) is 2. The third-order valence-corrected chi connectivity index (χ3v) is 5.40. The Morgan fingerprint density at radius 2 is 1.92 bits per heavy atom. The van der Waals surface area contributed by atoms with Crippen molar-refractivity contribution >= 4 is 21.5 Å². The molecule has 0 bridgehead atoms. The molecule has 1 fully saturated rings. The molecular formula is C15H24N4O4S. The molecule has 3 N–H and O–H groups in total. The Morgan fingerprint density at radius 3 is 2.54 bits per heavy atom. The Morgan fingerprint density at radius 1 is 1.25 bits per heavy atom. The first kappa shape index (κ1) is 18.3. The summed E-state index contributed by atoms with van der Waals surface area (Å²) in [4.78, 5) is 6.35. The first-order valence-corrected chi connectivity index (χ1v) is 9.47. The number of aliphatic imine (C=N–C) groups is 1. The van der Waals surface area contributed by atoms with Crippen LogP contribution in [-0.2, 0) is 9.84 Å². The van der Waals surface area contributed by atoms with Crippen LogP contribution in [0.4, 0.5) is 5.69 Å². The van der Waals surface area contributed by atoms with Gasteiger partial charge in [-0.1, -0.05) is 0 Å². The molecule has 2 rings (SSSR count). The molecule has 0 aliphatic carbocycles. The number of nitrogens with one attached hydrogen (secondary N) is 1.